The van der Waals surface area contributed by atoms with E-state index in [9.17, 15) is 4.79 Å². The van der Waals surface area contributed by atoms with Gasteiger partial charge in [-0.2, -0.15) is 0 Å². The average molecular weight is 263 g/mol. The van der Waals surface area contributed by atoms with Crippen LogP contribution in [0.1, 0.15) is 4.88 Å². The second kappa shape index (κ2) is 6.20. The minimum Gasteiger partial charge on any atom is -0.468 e. The van der Waals surface area contributed by atoms with Crippen LogP contribution in [0.3, 0.4) is 0 Å². The van der Waals surface area contributed by atoms with Gasteiger partial charge in [0.2, 0.25) is 0 Å². The molecular weight excluding hydrogens is 248 g/mol. The predicted molar refractivity (Wildman–Crippen MR) is 65.7 cm³/mol. The molecule has 0 saturated carbocycles. The maximum atomic E-state index is 11.4. The van der Waals surface area contributed by atoms with Crippen LogP contribution in [-0.2, 0) is 16.1 Å². The van der Waals surface area contributed by atoms with Crippen LogP contribution in [0.5, 0.6) is 0 Å². The van der Waals surface area contributed by atoms with Gasteiger partial charge < -0.3 is 10.5 Å². The minimum atomic E-state index is -0.411. The summed E-state index contributed by atoms with van der Waals surface area (Å²) in [4.78, 5) is 14.4. The van der Waals surface area contributed by atoms with Crippen LogP contribution in [-0.4, -0.2) is 37.6 Å². The first-order valence-corrected chi connectivity index (χ1v) is 6.00. The Morgan fingerprint density at radius 2 is 2.38 bits per heavy atom. The third-order valence-electron chi connectivity index (χ3n) is 2.26. The largest absolute Gasteiger partial charge is 0.468 e. The molecule has 1 aromatic heterocycles. The van der Waals surface area contributed by atoms with Crippen LogP contribution in [0.15, 0.2) is 12.1 Å². The highest BCUT2D eigenvalue weighted by Gasteiger charge is 2.22. The van der Waals surface area contributed by atoms with Crippen molar-refractivity contribution < 1.29 is 9.53 Å². The topological polar surface area (TPSA) is 55.6 Å². The Hall–Kier alpha value is -0.620. The molecule has 1 rings (SSSR count). The number of methoxy groups -OCH3 is 1. The standard InChI is InChI=1S/C10H15ClN2O2S/c1-13(8(5-12)10(14)15-2)6-7-3-4-9(11)16-7/h3-4,8H,5-6,12H2,1-2H3. The Kier molecular flexibility index (Phi) is 5.21. The van der Waals surface area contributed by atoms with Crippen molar-refractivity contribution in [3.8, 4) is 0 Å². The van der Waals surface area contributed by atoms with Gasteiger partial charge in [-0.15, -0.1) is 11.3 Å². The number of rotatable bonds is 5. The zero-order valence-corrected chi connectivity index (χ0v) is 10.8. The molecule has 0 spiro atoms. The van der Waals surface area contributed by atoms with Gasteiger partial charge in [-0.3, -0.25) is 9.69 Å². The molecular formula is C10H15ClN2O2S. The monoisotopic (exact) mass is 262 g/mol. The smallest absolute Gasteiger partial charge is 0.324 e. The average Bonchev–Trinajstić information content (AvgIpc) is 2.64. The minimum absolute atomic E-state index is 0.238. The van der Waals surface area contributed by atoms with Crippen LogP contribution < -0.4 is 5.73 Å². The molecule has 2 N–H and O–H groups in total. The Labute approximate surface area is 104 Å². The van der Waals surface area contributed by atoms with Crippen LogP contribution in [0.25, 0.3) is 0 Å². The maximum Gasteiger partial charge on any atom is 0.324 e. The summed E-state index contributed by atoms with van der Waals surface area (Å²) in [5, 5.41) is 0. The number of esters is 1. The summed E-state index contributed by atoms with van der Waals surface area (Å²) in [6, 6.07) is 3.37. The Balaban J connectivity index is 2.62. The summed E-state index contributed by atoms with van der Waals surface area (Å²) in [6.45, 7) is 0.872. The molecule has 0 aliphatic rings. The van der Waals surface area contributed by atoms with Crippen LogP contribution >= 0.6 is 22.9 Å². The molecule has 0 aromatic carbocycles. The van der Waals surface area contributed by atoms with Gasteiger partial charge in [0.1, 0.15) is 6.04 Å². The molecule has 1 aromatic rings. The summed E-state index contributed by atoms with van der Waals surface area (Å²) in [6.07, 6.45) is 0. The normalized spacial score (nSPS) is 12.8. The maximum absolute atomic E-state index is 11.4. The van der Waals surface area contributed by atoms with E-state index < -0.39 is 6.04 Å². The Morgan fingerprint density at radius 1 is 1.69 bits per heavy atom. The second-order valence-electron chi connectivity index (χ2n) is 3.40. The van der Waals surface area contributed by atoms with E-state index in [-0.39, 0.29) is 12.5 Å². The van der Waals surface area contributed by atoms with Gasteiger partial charge in [0.05, 0.1) is 11.4 Å². The zero-order chi connectivity index (χ0) is 12.1. The fourth-order valence-corrected chi connectivity index (χ4v) is 2.54. The lowest BCUT2D eigenvalue weighted by molar-refractivity contribution is -0.146. The predicted octanol–water partition coefficient (Wildman–Crippen LogP) is 1.33. The molecule has 0 saturated heterocycles. The fraction of sp³-hybridized carbons (Fsp3) is 0.500. The van der Waals surface area contributed by atoms with E-state index in [0.717, 1.165) is 9.21 Å². The van der Waals surface area contributed by atoms with Crippen LogP contribution in [0, 0.1) is 0 Å². The number of hydrogen-bond acceptors (Lipinski definition) is 5. The van der Waals surface area contributed by atoms with E-state index in [1.807, 2.05) is 24.1 Å². The molecule has 16 heavy (non-hydrogen) atoms. The number of nitrogens with zero attached hydrogens (tertiary/aromatic N) is 1. The van der Waals surface area contributed by atoms with E-state index in [0.29, 0.717) is 6.54 Å². The lowest BCUT2D eigenvalue weighted by Crippen LogP contribution is -2.44. The molecule has 0 fully saturated rings. The van der Waals surface area contributed by atoms with Crippen molar-refractivity contribution in [3.05, 3.63) is 21.3 Å². The fourth-order valence-electron chi connectivity index (χ4n) is 1.38. The molecule has 6 heteroatoms. The van der Waals surface area contributed by atoms with Gasteiger partial charge in [0.15, 0.2) is 0 Å². The van der Waals surface area contributed by atoms with Crippen molar-refractivity contribution in [2.45, 2.75) is 12.6 Å². The van der Waals surface area contributed by atoms with Gasteiger partial charge in [0, 0.05) is 18.0 Å². The number of thiophene rings is 1. The summed E-state index contributed by atoms with van der Waals surface area (Å²) >= 11 is 7.32. The number of nitrogens with two attached hydrogens (primary N) is 1. The summed E-state index contributed by atoms with van der Waals surface area (Å²) < 4.78 is 5.43. The molecule has 90 valence electrons. The molecule has 1 atom stereocenters. The first-order valence-electron chi connectivity index (χ1n) is 4.80. The van der Waals surface area contributed by atoms with E-state index in [1.54, 1.807) is 0 Å². The van der Waals surface area contributed by atoms with Crippen molar-refractivity contribution in [2.24, 2.45) is 5.73 Å². The lowest BCUT2D eigenvalue weighted by Gasteiger charge is -2.23. The Morgan fingerprint density at radius 3 is 2.81 bits per heavy atom. The van der Waals surface area contributed by atoms with E-state index >= 15 is 0 Å². The first kappa shape index (κ1) is 13.4. The number of carbonyl (C=O) groups is 1. The quantitative estimate of drug-likeness (QED) is 0.814. The van der Waals surface area contributed by atoms with E-state index in [1.165, 1.54) is 18.4 Å². The van der Waals surface area contributed by atoms with Crippen LogP contribution in [0.4, 0.5) is 0 Å². The second-order valence-corrected chi connectivity index (χ2v) is 5.20. The molecule has 4 nitrogen and oxygen atoms in total. The lowest BCUT2D eigenvalue weighted by atomic mass is 10.2. The highest BCUT2D eigenvalue weighted by molar-refractivity contribution is 7.16. The van der Waals surface area contributed by atoms with Crippen molar-refractivity contribution in [1.82, 2.24) is 4.90 Å². The zero-order valence-electron chi connectivity index (χ0n) is 9.27. The van der Waals surface area contributed by atoms with E-state index in [4.69, 9.17) is 17.3 Å². The number of ether oxygens (including phenoxy) is 1. The molecule has 0 aliphatic carbocycles. The number of likely N-dealkylation sites (N-methyl/N-ethyl adjacent to an activating group) is 1. The van der Waals surface area contributed by atoms with Crippen LogP contribution in [0.2, 0.25) is 4.34 Å². The molecule has 1 unspecified atom stereocenters. The van der Waals surface area contributed by atoms with Crippen molar-refractivity contribution >= 4 is 28.9 Å². The van der Waals surface area contributed by atoms with E-state index in [2.05, 4.69) is 4.74 Å². The van der Waals surface area contributed by atoms with Gasteiger partial charge >= 0.3 is 5.97 Å². The SMILES string of the molecule is COC(=O)C(CN)N(C)Cc1ccc(Cl)s1. The third-order valence-corrected chi connectivity index (χ3v) is 3.48. The van der Waals surface area contributed by atoms with Gasteiger partial charge in [-0.05, 0) is 19.2 Å². The number of halogens is 1. The van der Waals surface area contributed by atoms with Gasteiger partial charge in [0.25, 0.3) is 0 Å². The van der Waals surface area contributed by atoms with Gasteiger partial charge in [-0.1, -0.05) is 11.6 Å². The molecule has 0 radical (unpaired) electrons. The summed E-state index contributed by atoms with van der Waals surface area (Å²) in [7, 11) is 3.20. The summed E-state index contributed by atoms with van der Waals surface area (Å²) in [5.41, 5.74) is 5.54. The van der Waals surface area contributed by atoms with Crippen molar-refractivity contribution in [1.29, 1.82) is 0 Å². The number of hydrogen-bond donors (Lipinski definition) is 1. The van der Waals surface area contributed by atoms with Crippen molar-refractivity contribution in [3.63, 3.8) is 0 Å². The number of carbonyl (C=O) groups excluding carboxylic acids is 1. The Bertz CT molecular complexity index is 356. The summed E-state index contributed by atoms with van der Waals surface area (Å²) in [5.74, 6) is -0.312. The van der Waals surface area contributed by atoms with Gasteiger partial charge in [-0.25, -0.2) is 0 Å². The first-order chi connectivity index (χ1) is 7.58. The molecule has 0 aliphatic heterocycles. The molecule has 0 amide bonds. The third kappa shape index (κ3) is 3.45. The molecule has 0 bridgehead atoms. The highest BCUT2D eigenvalue weighted by atomic mass is 35.5. The van der Waals surface area contributed by atoms with Crippen molar-refractivity contribution in [2.75, 3.05) is 20.7 Å². The molecule has 1 heterocycles. The highest BCUT2D eigenvalue weighted by Crippen LogP contribution is 2.22.